The molecular formula is C20H17N5O3S. The highest BCUT2D eigenvalue weighted by Crippen LogP contribution is 2.29. The van der Waals surface area contributed by atoms with Crippen molar-refractivity contribution in [2.24, 2.45) is 5.73 Å². The molecule has 2 N–H and O–H groups in total. The van der Waals surface area contributed by atoms with Gasteiger partial charge in [0.15, 0.2) is 22.9 Å². The van der Waals surface area contributed by atoms with Gasteiger partial charge in [-0.3, -0.25) is 9.59 Å². The number of hydrogen-bond donors (Lipinski definition) is 1. The lowest BCUT2D eigenvalue weighted by atomic mass is 10.1. The van der Waals surface area contributed by atoms with Crippen molar-refractivity contribution in [3.05, 3.63) is 63.6 Å². The van der Waals surface area contributed by atoms with Crippen LogP contribution in [0.4, 0.5) is 0 Å². The van der Waals surface area contributed by atoms with Crippen LogP contribution in [-0.4, -0.2) is 31.7 Å². The maximum atomic E-state index is 11.9. The zero-order valence-corrected chi connectivity index (χ0v) is 16.6. The monoisotopic (exact) mass is 407 g/mol. The molecule has 0 saturated heterocycles. The summed E-state index contributed by atoms with van der Waals surface area (Å²) in [4.78, 5) is 30.7. The summed E-state index contributed by atoms with van der Waals surface area (Å²) >= 11 is 1.40. The van der Waals surface area contributed by atoms with Gasteiger partial charge >= 0.3 is 0 Å². The largest absolute Gasteiger partial charge is 0.434 e. The first-order valence-electron chi connectivity index (χ1n) is 8.78. The number of benzene rings is 1. The van der Waals surface area contributed by atoms with Crippen LogP contribution in [0.1, 0.15) is 37.5 Å². The first kappa shape index (κ1) is 18.8. The molecule has 3 aromatic heterocycles. The smallest absolute Gasteiger partial charge is 0.271 e. The fourth-order valence-electron chi connectivity index (χ4n) is 2.84. The second kappa shape index (κ2) is 7.44. The molecular weight excluding hydrogens is 390 g/mol. The van der Waals surface area contributed by atoms with Crippen LogP contribution in [0.15, 0.2) is 47.0 Å². The second-order valence-electron chi connectivity index (χ2n) is 6.51. The Bertz CT molecular complexity index is 1220. The number of nitrogens with zero attached hydrogens (tertiary/aromatic N) is 4. The summed E-state index contributed by atoms with van der Waals surface area (Å²) in [5, 5.41) is 8.60. The number of aryl methyl sites for hydroxylation is 1. The summed E-state index contributed by atoms with van der Waals surface area (Å²) in [7, 11) is 0. The van der Waals surface area contributed by atoms with Crippen LogP contribution in [0.2, 0.25) is 0 Å². The molecule has 0 radical (unpaired) electrons. The SMILES string of the molecule is CC(=O)c1ccc(Cn2ncc(-c3nc(C(N)=O)c(-c4cccc(C)c4)o3)n2)s1. The number of carbonyl (C=O) groups excluding carboxylic acids is 2. The van der Waals surface area contributed by atoms with Crippen LogP contribution >= 0.6 is 11.3 Å². The summed E-state index contributed by atoms with van der Waals surface area (Å²) in [6.07, 6.45) is 1.51. The Morgan fingerprint density at radius 3 is 2.76 bits per heavy atom. The van der Waals surface area contributed by atoms with Crippen LogP contribution in [-0.2, 0) is 6.54 Å². The third kappa shape index (κ3) is 3.85. The van der Waals surface area contributed by atoms with E-state index in [4.69, 9.17) is 10.2 Å². The van der Waals surface area contributed by atoms with Crippen molar-refractivity contribution in [1.82, 2.24) is 20.0 Å². The molecule has 0 aliphatic rings. The number of primary amides is 1. The predicted octanol–water partition coefficient (Wildman–Crippen LogP) is 3.32. The highest BCUT2D eigenvalue weighted by atomic mass is 32.1. The van der Waals surface area contributed by atoms with Gasteiger partial charge in [-0.25, -0.2) is 4.98 Å². The van der Waals surface area contributed by atoms with Crippen molar-refractivity contribution in [2.75, 3.05) is 0 Å². The Labute approximate surface area is 170 Å². The number of ketones is 1. The third-order valence-corrected chi connectivity index (χ3v) is 5.37. The summed E-state index contributed by atoms with van der Waals surface area (Å²) in [5.74, 6) is -0.190. The van der Waals surface area contributed by atoms with E-state index in [0.29, 0.717) is 28.4 Å². The van der Waals surface area contributed by atoms with Crippen molar-refractivity contribution in [2.45, 2.75) is 20.4 Å². The maximum Gasteiger partial charge on any atom is 0.271 e. The zero-order chi connectivity index (χ0) is 20.5. The number of rotatable bonds is 6. The van der Waals surface area contributed by atoms with Gasteiger partial charge in [-0.05, 0) is 32.0 Å². The number of aromatic nitrogens is 4. The topological polar surface area (TPSA) is 117 Å². The minimum Gasteiger partial charge on any atom is -0.434 e. The number of carbonyl (C=O) groups is 2. The second-order valence-corrected chi connectivity index (χ2v) is 7.68. The van der Waals surface area contributed by atoms with Gasteiger partial charge in [0.2, 0.25) is 5.89 Å². The number of amides is 1. The molecule has 0 spiro atoms. The highest BCUT2D eigenvalue weighted by Gasteiger charge is 2.22. The first-order valence-corrected chi connectivity index (χ1v) is 9.60. The summed E-state index contributed by atoms with van der Waals surface area (Å²) in [5.41, 5.74) is 7.64. The lowest BCUT2D eigenvalue weighted by Gasteiger charge is -1.99. The van der Waals surface area contributed by atoms with Gasteiger partial charge in [0.05, 0.1) is 17.6 Å². The third-order valence-electron chi connectivity index (χ3n) is 4.20. The first-order chi connectivity index (χ1) is 13.9. The Hall–Kier alpha value is -3.59. The van der Waals surface area contributed by atoms with Crippen molar-refractivity contribution in [1.29, 1.82) is 0 Å². The Kier molecular flexibility index (Phi) is 4.81. The molecule has 0 bridgehead atoms. The average Bonchev–Trinajstić information content (AvgIpc) is 3.41. The summed E-state index contributed by atoms with van der Waals surface area (Å²) in [6.45, 7) is 3.88. The number of Topliss-reactive ketones (excluding diaryl/α,β-unsaturated/α-hetero) is 1. The number of thiophene rings is 1. The number of hydrogen-bond acceptors (Lipinski definition) is 7. The van der Waals surface area contributed by atoms with E-state index in [1.54, 1.807) is 6.07 Å². The molecule has 29 heavy (non-hydrogen) atoms. The van der Waals surface area contributed by atoms with Crippen LogP contribution in [0.25, 0.3) is 22.9 Å². The van der Waals surface area contributed by atoms with E-state index in [9.17, 15) is 9.59 Å². The quantitative estimate of drug-likeness (QED) is 0.490. The van der Waals surface area contributed by atoms with Crippen molar-refractivity contribution in [3.8, 4) is 22.9 Å². The lowest BCUT2D eigenvalue weighted by Crippen LogP contribution is -2.12. The average molecular weight is 407 g/mol. The van der Waals surface area contributed by atoms with E-state index in [1.807, 2.05) is 37.3 Å². The fourth-order valence-corrected chi connectivity index (χ4v) is 3.72. The number of nitrogens with two attached hydrogens (primary N) is 1. The van der Waals surface area contributed by atoms with Crippen LogP contribution in [0, 0.1) is 6.92 Å². The normalized spacial score (nSPS) is 11.0. The van der Waals surface area contributed by atoms with Gasteiger partial charge in [-0.1, -0.05) is 23.8 Å². The molecule has 9 heteroatoms. The van der Waals surface area contributed by atoms with Crippen LogP contribution < -0.4 is 5.73 Å². The van der Waals surface area contributed by atoms with E-state index in [1.165, 1.54) is 29.3 Å². The van der Waals surface area contributed by atoms with Gasteiger partial charge in [0.1, 0.15) is 0 Å². The van der Waals surface area contributed by atoms with Gasteiger partial charge in [0.25, 0.3) is 5.91 Å². The Morgan fingerprint density at radius 2 is 2.07 bits per heavy atom. The molecule has 0 aliphatic carbocycles. The molecule has 0 fully saturated rings. The summed E-state index contributed by atoms with van der Waals surface area (Å²) < 4.78 is 5.83. The zero-order valence-electron chi connectivity index (χ0n) is 15.7. The van der Waals surface area contributed by atoms with Crippen LogP contribution in [0.5, 0.6) is 0 Å². The van der Waals surface area contributed by atoms with Crippen LogP contribution in [0.3, 0.4) is 0 Å². The van der Waals surface area contributed by atoms with E-state index in [0.717, 1.165) is 10.4 Å². The molecule has 0 atom stereocenters. The summed E-state index contributed by atoms with van der Waals surface area (Å²) in [6, 6.07) is 11.2. The van der Waals surface area contributed by atoms with E-state index < -0.39 is 5.91 Å². The molecule has 1 aromatic carbocycles. The van der Waals surface area contributed by atoms with E-state index in [-0.39, 0.29) is 17.4 Å². The Balaban J connectivity index is 1.64. The molecule has 8 nitrogen and oxygen atoms in total. The maximum absolute atomic E-state index is 11.9. The molecule has 0 unspecified atom stereocenters. The van der Waals surface area contributed by atoms with Gasteiger partial charge < -0.3 is 10.2 Å². The van der Waals surface area contributed by atoms with E-state index in [2.05, 4.69) is 15.2 Å². The molecule has 3 heterocycles. The van der Waals surface area contributed by atoms with Crippen molar-refractivity contribution < 1.29 is 14.0 Å². The molecule has 4 aromatic rings. The highest BCUT2D eigenvalue weighted by molar-refractivity contribution is 7.14. The minimum absolute atomic E-state index is 0.0257. The standard InChI is InChI=1S/C20H17N5O3S/c1-11-4-3-5-13(8-11)18-17(19(21)27)23-20(28-18)15-9-22-25(24-15)10-14-6-7-16(29-14)12(2)26/h3-9H,10H2,1-2H3,(H2,21,27). The minimum atomic E-state index is -0.681. The molecule has 1 amide bonds. The van der Waals surface area contributed by atoms with Gasteiger partial charge in [-0.15, -0.1) is 16.4 Å². The molecule has 4 rings (SSSR count). The lowest BCUT2D eigenvalue weighted by molar-refractivity contribution is 0.0993. The van der Waals surface area contributed by atoms with Crippen molar-refractivity contribution >= 4 is 23.0 Å². The predicted molar refractivity (Wildman–Crippen MR) is 108 cm³/mol. The van der Waals surface area contributed by atoms with Gasteiger partial charge in [-0.2, -0.15) is 9.90 Å². The van der Waals surface area contributed by atoms with Gasteiger partial charge in [0, 0.05) is 10.4 Å². The molecule has 0 aliphatic heterocycles. The van der Waals surface area contributed by atoms with Crippen molar-refractivity contribution in [3.63, 3.8) is 0 Å². The fraction of sp³-hybridized carbons (Fsp3) is 0.150. The molecule has 146 valence electrons. The number of oxazole rings is 1. The molecule has 0 saturated carbocycles. The Morgan fingerprint density at radius 1 is 1.24 bits per heavy atom. The van der Waals surface area contributed by atoms with E-state index >= 15 is 0 Å².